The number of rotatable bonds is 6. The summed E-state index contributed by atoms with van der Waals surface area (Å²) in [4.78, 5) is 26.9. The first kappa shape index (κ1) is 23.4. The van der Waals surface area contributed by atoms with Crippen LogP contribution in [0.4, 0.5) is 10.1 Å². The Morgan fingerprint density at radius 3 is 2.00 bits per heavy atom. The highest BCUT2D eigenvalue weighted by molar-refractivity contribution is 7.89. The molecule has 3 aromatic carbocycles. The van der Waals surface area contributed by atoms with Crippen molar-refractivity contribution in [2.45, 2.75) is 23.9 Å². The van der Waals surface area contributed by atoms with Gasteiger partial charge in [0.25, 0.3) is 5.91 Å². The minimum atomic E-state index is -4.22. The summed E-state index contributed by atoms with van der Waals surface area (Å²) in [6.07, 6.45) is -0.338. The van der Waals surface area contributed by atoms with Gasteiger partial charge in [0.2, 0.25) is 15.9 Å². The van der Waals surface area contributed by atoms with Gasteiger partial charge in [0.1, 0.15) is 11.9 Å². The molecule has 1 atom stereocenters. The lowest BCUT2D eigenvalue weighted by Crippen LogP contribution is -2.45. The lowest BCUT2D eigenvalue weighted by atomic mass is 10.2. The Morgan fingerprint density at radius 1 is 0.879 bits per heavy atom. The van der Waals surface area contributed by atoms with Crippen molar-refractivity contribution in [2.24, 2.45) is 0 Å². The van der Waals surface area contributed by atoms with Gasteiger partial charge in [-0.25, -0.2) is 17.7 Å². The summed E-state index contributed by atoms with van der Waals surface area (Å²) < 4.78 is 41.5. The maximum absolute atomic E-state index is 13.6. The number of carbonyl (C=O) groups excluding carboxylic acids is 2. The molecule has 0 spiro atoms. The molecule has 0 N–H and O–H groups in total. The number of nitrogens with zero attached hydrogens (tertiary/aromatic N) is 2. The average Bonchev–Trinajstić information content (AvgIpc) is 3.07. The predicted molar refractivity (Wildman–Crippen MR) is 123 cm³/mol. The molecule has 0 radical (unpaired) electrons. The van der Waals surface area contributed by atoms with Gasteiger partial charge in [-0.2, -0.15) is 4.31 Å². The van der Waals surface area contributed by atoms with Crippen molar-refractivity contribution in [1.82, 2.24) is 4.31 Å². The maximum Gasteiger partial charge on any atom is 0.252 e. The molecule has 1 aliphatic heterocycles. The molecule has 1 saturated heterocycles. The van der Waals surface area contributed by atoms with Gasteiger partial charge in [-0.1, -0.05) is 35.3 Å². The standard InChI is InChI=1S/C23H17Cl2FN2O4S/c24-16-3-9-19(10-4-16)28-22(29)13-21(23(28)30)27(14-15-1-7-18(26)8-2-15)33(31,32)20-11-5-17(25)6-12-20/h1-12,21H,13-14H2. The van der Waals surface area contributed by atoms with E-state index < -0.39 is 33.7 Å². The highest BCUT2D eigenvalue weighted by Crippen LogP contribution is 2.31. The molecule has 1 aliphatic rings. The van der Waals surface area contributed by atoms with Crippen LogP contribution in [-0.4, -0.2) is 30.6 Å². The topological polar surface area (TPSA) is 74.8 Å². The van der Waals surface area contributed by atoms with Gasteiger partial charge in [0, 0.05) is 16.6 Å². The fourth-order valence-corrected chi connectivity index (χ4v) is 5.40. The molecule has 0 saturated carbocycles. The minimum absolute atomic E-state index is 0.0841. The van der Waals surface area contributed by atoms with E-state index in [-0.39, 0.29) is 17.9 Å². The van der Waals surface area contributed by atoms with Gasteiger partial charge in [0.15, 0.2) is 0 Å². The molecule has 6 nitrogen and oxygen atoms in total. The van der Waals surface area contributed by atoms with E-state index in [1.807, 2.05) is 0 Å². The normalized spacial score (nSPS) is 16.6. The predicted octanol–water partition coefficient (Wildman–Crippen LogP) is 4.66. The molecule has 0 aromatic heterocycles. The molecule has 170 valence electrons. The van der Waals surface area contributed by atoms with Gasteiger partial charge < -0.3 is 0 Å². The second-order valence-corrected chi connectivity index (χ2v) is 10.2. The fourth-order valence-electron chi connectivity index (χ4n) is 3.58. The zero-order valence-electron chi connectivity index (χ0n) is 17.0. The third-order valence-electron chi connectivity index (χ3n) is 5.23. The summed E-state index contributed by atoms with van der Waals surface area (Å²) in [6, 6.07) is 15.6. The first-order valence-corrected chi connectivity index (χ1v) is 12.0. The van der Waals surface area contributed by atoms with Crippen molar-refractivity contribution >= 4 is 50.7 Å². The molecular weight excluding hydrogens is 490 g/mol. The summed E-state index contributed by atoms with van der Waals surface area (Å²) >= 11 is 11.8. The number of hydrogen-bond acceptors (Lipinski definition) is 4. The summed E-state index contributed by atoms with van der Waals surface area (Å²) in [5, 5.41) is 0.776. The Hall–Kier alpha value is -2.78. The van der Waals surface area contributed by atoms with Gasteiger partial charge in [-0.15, -0.1) is 0 Å². The van der Waals surface area contributed by atoms with Crippen LogP contribution < -0.4 is 4.90 Å². The molecule has 2 amide bonds. The number of anilines is 1. The smallest absolute Gasteiger partial charge is 0.252 e. The van der Waals surface area contributed by atoms with E-state index in [4.69, 9.17) is 23.2 Å². The monoisotopic (exact) mass is 506 g/mol. The Bertz CT molecular complexity index is 1300. The first-order chi connectivity index (χ1) is 15.7. The van der Waals surface area contributed by atoms with E-state index >= 15 is 0 Å². The van der Waals surface area contributed by atoms with E-state index in [2.05, 4.69) is 0 Å². The van der Waals surface area contributed by atoms with Crippen molar-refractivity contribution in [1.29, 1.82) is 0 Å². The van der Waals surface area contributed by atoms with Crippen molar-refractivity contribution in [3.8, 4) is 0 Å². The Labute approximate surface area is 200 Å². The fraction of sp³-hybridized carbons (Fsp3) is 0.130. The van der Waals surface area contributed by atoms with Gasteiger partial charge in [0.05, 0.1) is 17.0 Å². The van der Waals surface area contributed by atoms with Crippen molar-refractivity contribution in [3.05, 3.63) is 94.2 Å². The second-order valence-electron chi connectivity index (χ2n) is 7.39. The van der Waals surface area contributed by atoms with Crippen LogP contribution in [0.1, 0.15) is 12.0 Å². The van der Waals surface area contributed by atoms with Crippen LogP contribution in [0.25, 0.3) is 0 Å². The van der Waals surface area contributed by atoms with Crippen LogP contribution in [0.2, 0.25) is 10.0 Å². The third kappa shape index (κ3) is 4.79. The van der Waals surface area contributed by atoms with Gasteiger partial charge >= 0.3 is 0 Å². The quantitative estimate of drug-likeness (QED) is 0.455. The number of benzene rings is 3. The molecule has 4 rings (SSSR count). The Balaban J connectivity index is 1.74. The van der Waals surface area contributed by atoms with Crippen LogP contribution >= 0.6 is 23.2 Å². The molecule has 0 aliphatic carbocycles. The highest BCUT2D eigenvalue weighted by atomic mass is 35.5. The lowest BCUT2D eigenvalue weighted by molar-refractivity contribution is -0.122. The first-order valence-electron chi connectivity index (χ1n) is 9.81. The molecule has 1 unspecified atom stereocenters. The molecule has 3 aromatic rings. The van der Waals surface area contributed by atoms with E-state index in [9.17, 15) is 22.4 Å². The van der Waals surface area contributed by atoms with E-state index in [0.717, 1.165) is 9.21 Å². The van der Waals surface area contributed by atoms with E-state index in [1.54, 1.807) is 0 Å². The molecule has 0 bridgehead atoms. The maximum atomic E-state index is 13.6. The number of hydrogen-bond donors (Lipinski definition) is 0. The van der Waals surface area contributed by atoms with E-state index in [0.29, 0.717) is 21.3 Å². The lowest BCUT2D eigenvalue weighted by Gasteiger charge is -2.27. The Kier molecular flexibility index (Phi) is 6.54. The molecule has 10 heteroatoms. The number of amides is 2. The van der Waals surface area contributed by atoms with Gasteiger partial charge in [-0.3, -0.25) is 9.59 Å². The zero-order chi connectivity index (χ0) is 23.8. The summed E-state index contributed by atoms with van der Waals surface area (Å²) in [5.74, 6) is -1.70. The van der Waals surface area contributed by atoms with Crippen molar-refractivity contribution < 1.29 is 22.4 Å². The van der Waals surface area contributed by atoms with Crippen LogP contribution in [0.3, 0.4) is 0 Å². The Morgan fingerprint density at radius 2 is 1.42 bits per heavy atom. The molecule has 1 heterocycles. The molecule has 33 heavy (non-hydrogen) atoms. The van der Waals surface area contributed by atoms with Crippen molar-refractivity contribution in [2.75, 3.05) is 4.90 Å². The van der Waals surface area contributed by atoms with Gasteiger partial charge in [-0.05, 0) is 66.2 Å². The zero-order valence-corrected chi connectivity index (χ0v) is 19.3. The number of imide groups is 1. The average molecular weight is 507 g/mol. The second kappa shape index (κ2) is 9.23. The number of halogens is 3. The molecular formula is C23H17Cl2FN2O4S. The number of carbonyl (C=O) groups is 2. The summed E-state index contributed by atoms with van der Waals surface area (Å²) in [6.45, 7) is -0.233. The third-order valence-corrected chi connectivity index (χ3v) is 7.60. The van der Waals surface area contributed by atoms with Crippen LogP contribution in [-0.2, 0) is 26.2 Å². The van der Waals surface area contributed by atoms with E-state index in [1.165, 1.54) is 72.8 Å². The highest BCUT2D eigenvalue weighted by Gasteiger charge is 2.47. The van der Waals surface area contributed by atoms with Crippen LogP contribution in [0, 0.1) is 5.82 Å². The molecule has 1 fully saturated rings. The summed E-state index contributed by atoms with van der Waals surface area (Å²) in [5.41, 5.74) is 0.752. The van der Waals surface area contributed by atoms with Crippen molar-refractivity contribution in [3.63, 3.8) is 0 Å². The largest absolute Gasteiger partial charge is 0.274 e. The number of sulfonamides is 1. The summed E-state index contributed by atoms with van der Waals surface area (Å²) in [7, 11) is -4.22. The van der Waals surface area contributed by atoms with Crippen LogP contribution in [0.5, 0.6) is 0 Å². The van der Waals surface area contributed by atoms with Crippen LogP contribution in [0.15, 0.2) is 77.7 Å². The minimum Gasteiger partial charge on any atom is -0.274 e. The SMILES string of the molecule is O=C1CC(N(Cc2ccc(F)cc2)S(=O)(=O)c2ccc(Cl)cc2)C(=O)N1c1ccc(Cl)cc1.